The molecule has 5 rings (SSSR count). The number of nitrogens with zero attached hydrogens (tertiary/aromatic N) is 6. The number of carbonyl (C=O) groups excluding carboxylic acids is 3. The zero-order valence-corrected chi connectivity index (χ0v) is 28.0. The van der Waals surface area contributed by atoms with Gasteiger partial charge in [-0.2, -0.15) is 0 Å². The summed E-state index contributed by atoms with van der Waals surface area (Å²) in [5, 5.41) is 0. The average molecular weight is 627 g/mol. The number of piperidine rings is 4. The summed E-state index contributed by atoms with van der Waals surface area (Å²) in [5.74, 6) is 1.56. The minimum atomic E-state index is -0.246. The Morgan fingerprint density at radius 1 is 0.911 bits per heavy atom. The van der Waals surface area contributed by atoms with E-state index in [4.69, 9.17) is 9.47 Å². The monoisotopic (exact) mass is 626 g/mol. The van der Waals surface area contributed by atoms with Crippen molar-refractivity contribution in [1.29, 1.82) is 0 Å². The van der Waals surface area contributed by atoms with Crippen LogP contribution in [-0.2, 0) is 14.3 Å². The van der Waals surface area contributed by atoms with Crippen LogP contribution in [0.2, 0.25) is 0 Å². The summed E-state index contributed by atoms with van der Waals surface area (Å²) in [4.78, 5) is 55.7. The number of carbonyl (C=O) groups is 3. The Kier molecular flexibility index (Phi) is 11.2. The van der Waals surface area contributed by atoms with Crippen LogP contribution in [0.1, 0.15) is 82.5 Å². The summed E-state index contributed by atoms with van der Waals surface area (Å²) in [6, 6.07) is 0.486. The fraction of sp³-hybridized carbons (Fsp3) is 0.794. The Morgan fingerprint density at radius 2 is 1.53 bits per heavy atom. The van der Waals surface area contributed by atoms with Gasteiger partial charge < -0.3 is 29.1 Å². The van der Waals surface area contributed by atoms with Gasteiger partial charge in [-0.3, -0.25) is 9.59 Å². The zero-order chi connectivity index (χ0) is 32.0. The van der Waals surface area contributed by atoms with Gasteiger partial charge in [0.15, 0.2) is 12.4 Å². The lowest BCUT2D eigenvalue weighted by molar-refractivity contribution is -0.151. The largest absolute Gasteiger partial charge is 0.480 e. The first kappa shape index (κ1) is 33.4. The normalized spacial score (nSPS) is 23.4. The van der Waals surface area contributed by atoms with Crippen molar-refractivity contribution in [1.82, 2.24) is 29.6 Å². The van der Waals surface area contributed by atoms with Crippen LogP contribution >= 0.6 is 0 Å². The number of hydrogen-bond acceptors (Lipinski definition) is 8. The molecule has 0 saturated carbocycles. The molecule has 250 valence electrons. The molecule has 4 saturated heterocycles. The third-order valence-corrected chi connectivity index (χ3v) is 11.2. The third-order valence-electron chi connectivity index (χ3n) is 11.2. The van der Waals surface area contributed by atoms with E-state index < -0.39 is 0 Å². The second-order valence-electron chi connectivity index (χ2n) is 13.8. The van der Waals surface area contributed by atoms with Gasteiger partial charge in [-0.25, -0.2) is 14.8 Å². The fourth-order valence-electron chi connectivity index (χ4n) is 8.31. The maximum Gasteiger partial charge on any atom is 0.409 e. The van der Waals surface area contributed by atoms with Crippen LogP contribution in [0, 0.1) is 31.1 Å². The number of hydrogen-bond donors (Lipinski definition) is 0. The fourth-order valence-corrected chi connectivity index (χ4v) is 8.31. The zero-order valence-electron chi connectivity index (χ0n) is 28.0. The van der Waals surface area contributed by atoms with E-state index in [1.165, 1.54) is 13.4 Å². The molecular formula is C34H54N6O5. The van der Waals surface area contributed by atoms with Crippen molar-refractivity contribution in [3.05, 3.63) is 17.7 Å². The van der Waals surface area contributed by atoms with E-state index in [0.717, 1.165) is 115 Å². The molecule has 1 unspecified atom stereocenters. The molecule has 3 amide bonds. The molecular weight excluding hydrogens is 572 g/mol. The quantitative estimate of drug-likeness (QED) is 0.404. The first-order chi connectivity index (χ1) is 21.7. The minimum Gasteiger partial charge on any atom is -0.480 e. The summed E-state index contributed by atoms with van der Waals surface area (Å²) in [7, 11) is 1.44. The van der Waals surface area contributed by atoms with Gasteiger partial charge in [-0.05, 0) is 89.6 Å². The SMILES string of the molecule is CCCCC1C(=O)N(CC2CCN(C(=O)OC)CC2)CCC12CCN(C1CCN(C(=O)COc3c(C)ncnc3C)CC1)CC2. The van der Waals surface area contributed by atoms with E-state index in [1.807, 2.05) is 18.7 Å². The molecule has 4 aliphatic heterocycles. The topological polar surface area (TPSA) is 108 Å². The van der Waals surface area contributed by atoms with Crippen molar-refractivity contribution >= 4 is 17.9 Å². The maximum absolute atomic E-state index is 14.0. The number of methoxy groups -OCH3 is 1. The molecule has 1 spiro atoms. The van der Waals surface area contributed by atoms with Gasteiger partial charge >= 0.3 is 6.09 Å². The predicted molar refractivity (Wildman–Crippen MR) is 171 cm³/mol. The molecule has 0 aromatic carbocycles. The summed E-state index contributed by atoms with van der Waals surface area (Å²) >= 11 is 0. The Hall–Kier alpha value is -2.95. The highest BCUT2D eigenvalue weighted by Gasteiger charge is 2.49. The molecule has 0 aliphatic carbocycles. The first-order valence-electron chi connectivity index (χ1n) is 17.3. The second-order valence-corrected chi connectivity index (χ2v) is 13.8. The van der Waals surface area contributed by atoms with Crippen LogP contribution in [0.3, 0.4) is 0 Å². The highest BCUT2D eigenvalue weighted by atomic mass is 16.5. The smallest absolute Gasteiger partial charge is 0.409 e. The molecule has 0 radical (unpaired) electrons. The standard InChI is InChI=1S/C34H54N6O5/c1-5-6-7-29-32(42)40(22-27-8-15-39(16-9-27)33(43)44-4)21-14-34(29)12-19-37(20-13-34)28-10-17-38(18-11-28)30(41)23-45-31-25(2)35-24-36-26(31)3/h24,27-29H,5-23H2,1-4H3. The maximum atomic E-state index is 14.0. The first-order valence-corrected chi connectivity index (χ1v) is 17.3. The van der Waals surface area contributed by atoms with Crippen molar-refractivity contribution in [3.8, 4) is 5.75 Å². The van der Waals surface area contributed by atoms with E-state index in [9.17, 15) is 14.4 Å². The number of amides is 3. The van der Waals surface area contributed by atoms with Gasteiger partial charge in [-0.15, -0.1) is 0 Å². The Morgan fingerprint density at radius 3 is 2.16 bits per heavy atom. The van der Waals surface area contributed by atoms with Gasteiger partial charge in [0, 0.05) is 51.2 Å². The van der Waals surface area contributed by atoms with Crippen LogP contribution in [0.4, 0.5) is 4.79 Å². The van der Waals surface area contributed by atoms with Gasteiger partial charge in [-0.1, -0.05) is 19.8 Å². The lowest BCUT2D eigenvalue weighted by atomic mass is 9.62. The predicted octanol–water partition coefficient (Wildman–Crippen LogP) is 4.06. The van der Waals surface area contributed by atoms with Crippen molar-refractivity contribution in [3.63, 3.8) is 0 Å². The van der Waals surface area contributed by atoms with E-state index in [-0.39, 0.29) is 29.9 Å². The van der Waals surface area contributed by atoms with E-state index in [0.29, 0.717) is 36.7 Å². The van der Waals surface area contributed by atoms with Crippen LogP contribution in [0.15, 0.2) is 6.33 Å². The molecule has 11 heteroatoms. The van der Waals surface area contributed by atoms with E-state index >= 15 is 0 Å². The lowest BCUT2D eigenvalue weighted by Gasteiger charge is -2.53. The van der Waals surface area contributed by atoms with Crippen molar-refractivity contribution in [2.75, 3.05) is 66.1 Å². The molecule has 5 heterocycles. The highest BCUT2D eigenvalue weighted by molar-refractivity contribution is 5.80. The van der Waals surface area contributed by atoms with Crippen LogP contribution in [0.25, 0.3) is 0 Å². The summed E-state index contributed by atoms with van der Waals surface area (Å²) < 4.78 is 10.7. The Labute approximate surface area is 269 Å². The van der Waals surface area contributed by atoms with Crippen molar-refractivity contribution < 1.29 is 23.9 Å². The average Bonchev–Trinajstić information content (AvgIpc) is 3.06. The van der Waals surface area contributed by atoms with Gasteiger partial charge in [0.2, 0.25) is 5.91 Å². The van der Waals surface area contributed by atoms with Crippen LogP contribution < -0.4 is 4.74 Å². The molecule has 45 heavy (non-hydrogen) atoms. The van der Waals surface area contributed by atoms with Gasteiger partial charge in [0.05, 0.1) is 18.5 Å². The van der Waals surface area contributed by atoms with Crippen molar-refractivity contribution in [2.45, 2.75) is 91.0 Å². The van der Waals surface area contributed by atoms with Crippen molar-refractivity contribution in [2.24, 2.45) is 17.3 Å². The molecule has 0 N–H and O–H groups in total. The van der Waals surface area contributed by atoms with Crippen LogP contribution in [0.5, 0.6) is 5.75 Å². The molecule has 4 fully saturated rings. The summed E-state index contributed by atoms with van der Waals surface area (Å²) in [6.45, 7) is 12.7. The third kappa shape index (κ3) is 7.72. The molecule has 1 atom stereocenters. The number of unbranched alkanes of at least 4 members (excludes halogenated alkanes) is 1. The minimum absolute atomic E-state index is 0.0167. The Bertz CT molecular complexity index is 1150. The highest BCUT2D eigenvalue weighted by Crippen LogP contribution is 2.48. The van der Waals surface area contributed by atoms with Crippen LogP contribution in [-0.4, -0.2) is 120 Å². The molecule has 1 aromatic heterocycles. The molecule has 4 aliphatic rings. The summed E-state index contributed by atoms with van der Waals surface area (Å²) in [5.41, 5.74) is 1.61. The number of rotatable bonds is 9. The molecule has 1 aromatic rings. The number of likely N-dealkylation sites (tertiary alicyclic amines) is 4. The summed E-state index contributed by atoms with van der Waals surface area (Å²) in [6.07, 6.45) is 11.5. The van der Waals surface area contributed by atoms with Gasteiger partial charge in [0.25, 0.3) is 5.91 Å². The van der Waals surface area contributed by atoms with E-state index in [1.54, 1.807) is 4.90 Å². The number of aromatic nitrogens is 2. The lowest BCUT2D eigenvalue weighted by Crippen LogP contribution is -2.58. The number of aryl methyl sites for hydroxylation is 2. The molecule has 0 bridgehead atoms. The number of ether oxygens (including phenoxy) is 2. The Balaban J connectivity index is 1.10. The molecule has 11 nitrogen and oxygen atoms in total. The van der Waals surface area contributed by atoms with Gasteiger partial charge in [0.1, 0.15) is 6.33 Å². The van der Waals surface area contributed by atoms with E-state index in [2.05, 4.69) is 26.7 Å². The second kappa shape index (κ2) is 15.1.